The van der Waals surface area contributed by atoms with E-state index >= 15 is 0 Å². The second kappa shape index (κ2) is 4.82. The highest BCUT2D eigenvalue weighted by molar-refractivity contribution is 7.11. The topological polar surface area (TPSA) is 26.3 Å². The summed E-state index contributed by atoms with van der Waals surface area (Å²) in [6, 6.07) is 3.59. The zero-order valence-corrected chi connectivity index (χ0v) is 8.56. The number of carbonyl (C=O) groups is 1. The van der Waals surface area contributed by atoms with Gasteiger partial charge >= 0.3 is 5.97 Å². The van der Waals surface area contributed by atoms with Gasteiger partial charge in [-0.15, -0.1) is 11.3 Å². The molecule has 0 bridgehead atoms. The van der Waals surface area contributed by atoms with Gasteiger partial charge in [-0.3, -0.25) is 0 Å². The molecule has 3 heteroatoms. The van der Waals surface area contributed by atoms with Crippen LogP contribution in [0.3, 0.4) is 0 Å². The maximum atomic E-state index is 11.2. The third-order valence-corrected chi connectivity index (χ3v) is 2.28. The van der Waals surface area contributed by atoms with Gasteiger partial charge in [0.15, 0.2) is 0 Å². The zero-order chi connectivity index (χ0) is 9.68. The predicted octanol–water partition coefficient (Wildman–Crippen LogP) is 2.87. The number of thiophene rings is 1. The summed E-state index contributed by atoms with van der Waals surface area (Å²) in [5, 5.41) is 1.86. The lowest BCUT2D eigenvalue weighted by atomic mass is 10.3. The van der Waals surface area contributed by atoms with E-state index in [1.807, 2.05) is 31.4 Å². The van der Waals surface area contributed by atoms with Crippen LogP contribution in [0.1, 0.15) is 23.5 Å². The second-order valence-electron chi connectivity index (χ2n) is 2.86. The molecule has 0 unspecified atom stereocenters. The van der Waals surface area contributed by atoms with E-state index < -0.39 is 0 Å². The standard InChI is InChI=1S/C10H12O2S/c1-8(2)5-6-12-10(11)9-4-3-7-13-9/h3-5,7H,6H2,1-2H3. The molecular formula is C10H12O2S. The molecule has 0 atom stereocenters. The minimum absolute atomic E-state index is 0.243. The maximum Gasteiger partial charge on any atom is 0.348 e. The molecule has 0 spiro atoms. The number of hydrogen-bond acceptors (Lipinski definition) is 3. The Hall–Kier alpha value is -1.09. The lowest BCUT2D eigenvalue weighted by molar-refractivity contribution is 0.0555. The number of carbonyl (C=O) groups excluding carboxylic acids is 1. The van der Waals surface area contributed by atoms with Crippen LogP contribution in [0.2, 0.25) is 0 Å². The lowest BCUT2D eigenvalue weighted by Crippen LogP contribution is -2.02. The average Bonchev–Trinajstić information content (AvgIpc) is 2.55. The van der Waals surface area contributed by atoms with E-state index in [9.17, 15) is 4.79 Å². The van der Waals surface area contributed by atoms with E-state index in [0.29, 0.717) is 11.5 Å². The summed E-state index contributed by atoms with van der Waals surface area (Å²) < 4.78 is 4.99. The fraction of sp³-hybridized carbons (Fsp3) is 0.300. The van der Waals surface area contributed by atoms with E-state index in [4.69, 9.17) is 4.74 Å². The Morgan fingerprint density at radius 3 is 2.92 bits per heavy atom. The van der Waals surface area contributed by atoms with Crippen molar-refractivity contribution < 1.29 is 9.53 Å². The quantitative estimate of drug-likeness (QED) is 0.549. The van der Waals surface area contributed by atoms with Gasteiger partial charge in [0, 0.05) is 0 Å². The van der Waals surface area contributed by atoms with Crippen LogP contribution in [0.15, 0.2) is 29.2 Å². The van der Waals surface area contributed by atoms with Crippen molar-refractivity contribution in [2.45, 2.75) is 13.8 Å². The summed E-state index contributed by atoms with van der Waals surface area (Å²) in [6.07, 6.45) is 1.88. The van der Waals surface area contributed by atoms with Gasteiger partial charge in [0.2, 0.25) is 0 Å². The van der Waals surface area contributed by atoms with Crippen LogP contribution in [0, 0.1) is 0 Å². The molecule has 0 fully saturated rings. The predicted molar refractivity (Wildman–Crippen MR) is 54.0 cm³/mol. The summed E-state index contributed by atoms with van der Waals surface area (Å²) in [6.45, 7) is 4.30. The Bertz CT molecular complexity index is 295. The Labute approximate surface area is 81.8 Å². The molecule has 0 aliphatic carbocycles. The minimum Gasteiger partial charge on any atom is -0.457 e. The van der Waals surface area contributed by atoms with Gasteiger partial charge in [-0.05, 0) is 31.4 Å². The molecule has 0 aliphatic heterocycles. The largest absolute Gasteiger partial charge is 0.457 e. The first kappa shape index (κ1) is 9.99. The highest BCUT2D eigenvalue weighted by atomic mass is 32.1. The first-order chi connectivity index (χ1) is 6.20. The van der Waals surface area contributed by atoms with E-state index in [0.717, 1.165) is 5.57 Å². The van der Waals surface area contributed by atoms with Crippen molar-refractivity contribution in [3.05, 3.63) is 34.0 Å². The number of hydrogen-bond donors (Lipinski definition) is 0. The Balaban J connectivity index is 2.39. The number of allylic oxidation sites excluding steroid dienone is 1. The van der Waals surface area contributed by atoms with Crippen LogP contribution in [0.4, 0.5) is 0 Å². The lowest BCUT2D eigenvalue weighted by Gasteiger charge is -1.98. The third-order valence-electron chi connectivity index (χ3n) is 1.43. The van der Waals surface area contributed by atoms with E-state index in [2.05, 4.69) is 0 Å². The normalized spacial score (nSPS) is 9.38. The van der Waals surface area contributed by atoms with Crippen molar-refractivity contribution in [3.63, 3.8) is 0 Å². The Morgan fingerprint density at radius 1 is 1.62 bits per heavy atom. The minimum atomic E-state index is -0.243. The molecule has 1 rings (SSSR count). The van der Waals surface area contributed by atoms with Gasteiger partial charge in [0.1, 0.15) is 11.5 Å². The van der Waals surface area contributed by atoms with Crippen molar-refractivity contribution in [2.75, 3.05) is 6.61 Å². The third kappa shape index (κ3) is 3.42. The summed E-state index contributed by atoms with van der Waals surface area (Å²) >= 11 is 1.39. The molecule has 1 heterocycles. The highest BCUT2D eigenvalue weighted by Gasteiger charge is 2.05. The second-order valence-corrected chi connectivity index (χ2v) is 3.80. The average molecular weight is 196 g/mol. The first-order valence-corrected chi connectivity index (χ1v) is 4.92. The van der Waals surface area contributed by atoms with Crippen molar-refractivity contribution in [3.8, 4) is 0 Å². The van der Waals surface area contributed by atoms with Gasteiger partial charge in [-0.25, -0.2) is 4.79 Å². The molecule has 0 amide bonds. The van der Waals surface area contributed by atoms with Crippen molar-refractivity contribution in [1.29, 1.82) is 0 Å². The maximum absolute atomic E-state index is 11.2. The molecular weight excluding hydrogens is 184 g/mol. The van der Waals surface area contributed by atoms with Crippen LogP contribution < -0.4 is 0 Å². The molecule has 0 aliphatic rings. The van der Waals surface area contributed by atoms with Gasteiger partial charge in [-0.2, -0.15) is 0 Å². The van der Waals surface area contributed by atoms with Crippen molar-refractivity contribution >= 4 is 17.3 Å². The Kier molecular flexibility index (Phi) is 3.71. The van der Waals surface area contributed by atoms with Crippen LogP contribution >= 0.6 is 11.3 Å². The molecule has 70 valence electrons. The van der Waals surface area contributed by atoms with Crippen LogP contribution in [0.5, 0.6) is 0 Å². The van der Waals surface area contributed by atoms with E-state index in [1.54, 1.807) is 6.07 Å². The summed E-state index contributed by atoms with van der Waals surface area (Å²) in [5.74, 6) is -0.243. The van der Waals surface area contributed by atoms with Gasteiger partial charge in [-0.1, -0.05) is 11.6 Å². The molecule has 1 aromatic heterocycles. The molecule has 13 heavy (non-hydrogen) atoms. The number of esters is 1. The number of ether oxygens (including phenoxy) is 1. The van der Waals surface area contributed by atoms with Crippen LogP contribution in [0.25, 0.3) is 0 Å². The van der Waals surface area contributed by atoms with E-state index in [1.165, 1.54) is 11.3 Å². The summed E-state index contributed by atoms with van der Waals surface area (Å²) in [4.78, 5) is 11.9. The summed E-state index contributed by atoms with van der Waals surface area (Å²) in [7, 11) is 0. The van der Waals surface area contributed by atoms with Gasteiger partial charge < -0.3 is 4.74 Å². The van der Waals surface area contributed by atoms with Crippen molar-refractivity contribution in [2.24, 2.45) is 0 Å². The summed E-state index contributed by atoms with van der Waals surface area (Å²) in [5.41, 5.74) is 1.15. The first-order valence-electron chi connectivity index (χ1n) is 4.04. The van der Waals surface area contributed by atoms with Gasteiger partial charge in [0.25, 0.3) is 0 Å². The van der Waals surface area contributed by atoms with Crippen LogP contribution in [-0.2, 0) is 4.74 Å². The smallest absolute Gasteiger partial charge is 0.348 e. The zero-order valence-electron chi connectivity index (χ0n) is 7.74. The van der Waals surface area contributed by atoms with Crippen molar-refractivity contribution in [1.82, 2.24) is 0 Å². The molecule has 0 aromatic carbocycles. The fourth-order valence-corrected chi connectivity index (χ4v) is 1.37. The molecule has 0 N–H and O–H groups in total. The highest BCUT2D eigenvalue weighted by Crippen LogP contribution is 2.09. The molecule has 2 nitrogen and oxygen atoms in total. The fourth-order valence-electron chi connectivity index (χ4n) is 0.750. The molecule has 1 aromatic rings. The molecule has 0 saturated carbocycles. The SMILES string of the molecule is CC(C)=CCOC(=O)c1cccs1. The van der Waals surface area contributed by atoms with E-state index in [-0.39, 0.29) is 5.97 Å². The number of rotatable bonds is 3. The monoisotopic (exact) mass is 196 g/mol. The molecule has 0 saturated heterocycles. The Morgan fingerprint density at radius 2 is 2.38 bits per heavy atom. The van der Waals surface area contributed by atoms with Gasteiger partial charge in [0.05, 0.1) is 0 Å². The van der Waals surface area contributed by atoms with Crippen LogP contribution in [-0.4, -0.2) is 12.6 Å². The molecule has 0 radical (unpaired) electrons.